The molecule has 2 aromatic carbocycles. The third-order valence-electron chi connectivity index (χ3n) is 3.51. The number of benzene rings is 2. The predicted octanol–water partition coefficient (Wildman–Crippen LogP) is -0.163. The van der Waals surface area contributed by atoms with Crippen molar-refractivity contribution >= 4 is 85.1 Å². The Morgan fingerprint density at radius 2 is 1.31 bits per heavy atom. The molecule has 0 spiro atoms. The number of ether oxygens (including phenoxy) is 2. The van der Waals surface area contributed by atoms with E-state index in [4.69, 9.17) is 9.47 Å². The number of phenols is 1. The molecule has 0 amide bonds. The van der Waals surface area contributed by atoms with E-state index in [-0.39, 0.29) is 70.4 Å². The SMILES string of the molecule is COc1ccc(C(=O)c2cc(S(=O)(=O)O)c(OC)cc2O)cc1S(=O)(=O)O.[NaH].[NaH]. The average molecular weight is 466 g/mol. The van der Waals surface area contributed by atoms with Gasteiger partial charge in [0.15, 0.2) is 5.78 Å². The average Bonchev–Trinajstić information content (AvgIpc) is 2.58. The molecule has 150 valence electrons. The van der Waals surface area contributed by atoms with E-state index >= 15 is 0 Å². The zero-order chi connectivity index (χ0) is 20.6. The molecule has 0 aromatic heterocycles. The first-order valence-corrected chi connectivity index (χ1v) is 9.87. The molecule has 0 heterocycles. The van der Waals surface area contributed by atoms with E-state index in [9.17, 15) is 35.8 Å². The van der Waals surface area contributed by atoms with Crippen molar-refractivity contribution in [2.45, 2.75) is 9.79 Å². The van der Waals surface area contributed by atoms with Gasteiger partial charge in [0.05, 0.1) is 19.8 Å². The quantitative estimate of drug-likeness (QED) is 0.296. The Morgan fingerprint density at radius 1 is 0.828 bits per heavy atom. The van der Waals surface area contributed by atoms with E-state index in [1.165, 1.54) is 0 Å². The van der Waals surface area contributed by atoms with Gasteiger partial charge < -0.3 is 14.6 Å². The Bertz CT molecular complexity index is 1130. The zero-order valence-corrected chi connectivity index (χ0v) is 15.5. The van der Waals surface area contributed by atoms with Crippen LogP contribution in [0, 0.1) is 0 Å². The first-order valence-electron chi connectivity index (χ1n) is 6.99. The van der Waals surface area contributed by atoms with Gasteiger partial charge in [-0.25, -0.2) is 0 Å². The summed E-state index contributed by atoms with van der Waals surface area (Å²) in [7, 11) is -7.28. The third-order valence-corrected chi connectivity index (χ3v) is 5.26. The van der Waals surface area contributed by atoms with Crippen molar-refractivity contribution in [2.24, 2.45) is 0 Å². The van der Waals surface area contributed by atoms with Gasteiger partial charge in [0.25, 0.3) is 20.2 Å². The van der Waals surface area contributed by atoms with Crippen LogP contribution in [0.3, 0.4) is 0 Å². The van der Waals surface area contributed by atoms with Gasteiger partial charge in [-0.1, -0.05) is 0 Å². The first kappa shape index (κ1) is 28.3. The number of hydrogen-bond acceptors (Lipinski definition) is 8. The minimum absolute atomic E-state index is 0. The van der Waals surface area contributed by atoms with Crippen LogP contribution < -0.4 is 9.47 Å². The second-order valence-electron chi connectivity index (χ2n) is 5.17. The molecule has 29 heavy (non-hydrogen) atoms. The molecule has 14 heteroatoms. The number of rotatable bonds is 6. The molecule has 0 bridgehead atoms. The van der Waals surface area contributed by atoms with E-state index in [1.54, 1.807) is 0 Å². The molecule has 0 aliphatic heterocycles. The van der Waals surface area contributed by atoms with Crippen LogP contribution in [0.2, 0.25) is 0 Å². The summed E-state index contributed by atoms with van der Waals surface area (Å²) in [4.78, 5) is 11.2. The van der Waals surface area contributed by atoms with E-state index in [0.29, 0.717) is 6.07 Å². The fourth-order valence-corrected chi connectivity index (χ4v) is 3.61. The van der Waals surface area contributed by atoms with Crippen LogP contribution in [0.4, 0.5) is 0 Å². The number of phenolic OH excluding ortho intramolecular Hbond substituents is 1. The first-order chi connectivity index (χ1) is 12.4. The maximum absolute atomic E-state index is 12.6. The monoisotopic (exact) mass is 466 g/mol. The summed E-state index contributed by atoms with van der Waals surface area (Å²) in [5.41, 5.74) is -0.847. The molecule has 0 aliphatic rings. The predicted molar refractivity (Wildman–Crippen MR) is 105 cm³/mol. The molecular formula is C15H16Na2O10S2. The molecule has 0 aliphatic carbocycles. The number of carbonyl (C=O) groups excluding carboxylic acids is 1. The normalized spacial score (nSPS) is 11.0. The van der Waals surface area contributed by atoms with Crippen LogP contribution in [-0.2, 0) is 20.2 Å². The second-order valence-corrected chi connectivity index (χ2v) is 7.95. The Labute approximate surface area is 211 Å². The molecule has 0 atom stereocenters. The Hall–Kier alpha value is -0.670. The number of ketones is 1. The summed E-state index contributed by atoms with van der Waals surface area (Å²) >= 11 is 0. The number of carbonyl (C=O) groups is 1. The zero-order valence-electron chi connectivity index (χ0n) is 13.9. The van der Waals surface area contributed by atoms with Crippen molar-refractivity contribution in [1.29, 1.82) is 0 Å². The summed E-state index contributed by atoms with van der Waals surface area (Å²) in [5.74, 6) is -2.28. The van der Waals surface area contributed by atoms with Crippen molar-refractivity contribution in [2.75, 3.05) is 14.2 Å². The Balaban J connectivity index is 0.00000392. The molecule has 2 rings (SSSR count). The van der Waals surface area contributed by atoms with E-state index in [1.807, 2.05) is 0 Å². The number of hydrogen-bond donors (Lipinski definition) is 3. The molecule has 0 saturated heterocycles. The van der Waals surface area contributed by atoms with Gasteiger partial charge in [0.1, 0.15) is 27.0 Å². The van der Waals surface area contributed by atoms with Gasteiger partial charge in [-0.05, 0) is 24.3 Å². The summed E-state index contributed by atoms with van der Waals surface area (Å²) < 4.78 is 73.9. The number of methoxy groups -OCH3 is 2. The third kappa shape index (κ3) is 6.40. The molecular weight excluding hydrogens is 450 g/mol. The summed E-state index contributed by atoms with van der Waals surface area (Å²) in [6.45, 7) is 0. The van der Waals surface area contributed by atoms with Crippen molar-refractivity contribution in [3.05, 3.63) is 41.5 Å². The molecule has 0 fully saturated rings. The minimum atomic E-state index is -4.79. The van der Waals surface area contributed by atoms with Gasteiger partial charge in [-0.2, -0.15) is 16.8 Å². The Morgan fingerprint density at radius 3 is 1.76 bits per heavy atom. The van der Waals surface area contributed by atoms with E-state index in [2.05, 4.69) is 0 Å². The van der Waals surface area contributed by atoms with Crippen molar-refractivity contribution < 1.29 is 45.3 Å². The molecule has 10 nitrogen and oxygen atoms in total. The summed E-state index contributed by atoms with van der Waals surface area (Å²) in [5, 5.41) is 10.0. The summed E-state index contributed by atoms with van der Waals surface area (Å²) in [6.07, 6.45) is 0. The topological polar surface area (TPSA) is 164 Å². The van der Waals surface area contributed by atoms with Gasteiger partial charge in [0, 0.05) is 11.6 Å². The van der Waals surface area contributed by atoms with Crippen molar-refractivity contribution in [1.82, 2.24) is 0 Å². The van der Waals surface area contributed by atoms with Crippen molar-refractivity contribution in [3.63, 3.8) is 0 Å². The molecule has 0 unspecified atom stereocenters. The van der Waals surface area contributed by atoms with Gasteiger partial charge in [-0.15, -0.1) is 0 Å². The van der Waals surface area contributed by atoms with Crippen LogP contribution in [-0.4, -0.2) is 110 Å². The fourth-order valence-electron chi connectivity index (χ4n) is 2.27. The van der Waals surface area contributed by atoms with Crippen LogP contribution in [0.15, 0.2) is 40.1 Å². The van der Waals surface area contributed by atoms with Gasteiger partial charge in [-0.3, -0.25) is 13.9 Å². The van der Waals surface area contributed by atoms with Gasteiger partial charge in [0.2, 0.25) is 0 Å². The van der Waals surface area contributed by atoms with Crippen LogP contribution in [0.5, 0.6) is 17.2 Å². The maximum atomic E-state index is 12.6. The fraction of sp³-hybridized carbons (Fsp3) is 0.133. The second kappa shape index (κ2) is 10.6. The van der Waals surface area contributed by atoms with E-state index in [0.717, 1.165) is 38.5 Å². The van der Waals surface area contributed by atoms with Crippen LogP contribution in [0.25, 0.3) is 0 Å². The number of aromatic hydroxyl groups is 1. The molecule has 3 N–H and O–H groups in total. The van der Waals surface area contributed by atoms with Crippen LogP contribution in [0.1, 0.15) is 15.9 Å². The van der Waals surface area contributed by atoms with Gasteiger partial charge >= 0.3 is 59.1 Å². The standard InChI is InChI=1S/C15H14O10S2.2Na.2H/c1-24-11-4-3-8(5-13(11)26(18,19)20)15(17)9-6-14(27(21,22)23)12(25-2)7-10(9)16;;;;/h3-7,16H,1-2H3,(H,18,19,20)(H,21,22,23);;;;. The molecule has 0 radical (unpaired) electrons. The molecule has 2 aromatic rings. The van der Waals surface area contributed by atoms with Crippen molar-refractivity contribution in [3.8, 4) is 17.2 Å². The summed E-state index contributed by atoms with van der Waals surface area (Å²) in [6, 6.07) is 4.53. The van der Waals surface area contributed by atoms with Crippen LogP contribution >= 0.6 is 0 Å². The molecule has 0 saturated carbocycles. The van der Waals surface area contributed by atoms with E-state index < -0.39 is 52.9 Å². The Kier molecular flexibility index (Phi) is 10.3.